The minimum atomic E-state index is -0.896. The lowest BCUT2D eigenvalue weighted by atomic mass is 10.1. The van der Waals surface area contributed by atoms with Crippen LogP contribution in [0.5, 0.6) is 11.5 Å². The Labute approximate surface area is 147 Å². The van der Waals surface area contributed by atoms with Gasteiger partial charge in [0.2, 0.25) is 0 Å². The van der Waals surface area contributed by atoms with E-state index in [1.807, 2.05) is 0 Å². The molecule has 0 spiro atoms. The maximum absolute atomic E-state index is 12.3. The Bertz CT molecular complexity index is 598. The van der Waals surface area contributed by atoms with Crippen LogP contribution in [0.4, 0.5) is 4.79 Å². The number of aliphatic hydroxyl groups is 2. The van der Waals surface area contributed by atoms with Crippen molar-refractivity contribution in [3.05, 3.63) is 23.8 Å². The first-order chi connectivity index (χ1) is 11.7. The van der Waals surface area contributed by atoms with Crippen LogP contribution in [0.3, 0.4) is 0 Å². The van der Waals surface area contributed by atoms with Crippen LogP contribution in [-0.4, -0.2) is 57.2 Å². The van der Waals surface area contributed by atoms with Crippen LogP contribution in [0.25, 0.3) is 0 Å². The molecule has 0 bridgehead atoms. The van der Waals surface area contributed by atoms with Crippen LogP contribution >= 0.6 is 0 Å². The molecule has 1 amide bonds. The molecule has 0 saturated carbocycles. The summed E-state index contributed by atoms with van der Waals surface area (Å²) in [6.07, 6.45) is 0.118. The Morgan fingerprint density at radius 3 is 2.72 bits per heavy atom. The first kappa shape index (κ1) is 19.3. The topological polar surface area (TPSA) is 99.5 Å². The smallest absolute Gasteiger partial charge is 0.410 e. The van der Waals surface area contributed by atoms with Gasteiger partial charge in [-0.3, -0.25) is 0 Å². The average Bonchev–Trinajstić information content (AvgIpc) is 3.01. The number of ether oxygens (including phenoxy) is 2. The van der Waals surface area contributed by atoms with E-state index in [-0.39, 0.29) is 30.8 Å². The third-order valence-corrected chi connectivity index (χ3v) is 3.99. The van der Waals surface area contributed by atoms with Crippen molar-refractivity contribution < 1.29 is 29.6 Å². The number of hydrogen-bond donors (Lipinski definition) is 3. The van der Waals surface area contributed by atoms with E-state index in [0.717, 1.165) is 6.42 Å². The molecule has 1 heterocycles. The SMILES string of the molecule is CC(C)(C)OC(=O)N1CCC[C@H]1C(O)COc1ccc(CO)cc1O. The summed E-state index contributed by atoms with van der Waals surface area (Å²) < 4.78 is 10.9. The zero-order valence-corrected chi connectivity index (χ0v) is 14.9. The highest BCUT2D eigenvalue weighted by Gasteiger charge is 2.36. The number of aliphatic hydroxyl groups excluding tert-OH is 2. The second kappa shape index (κ2) is 7.93. The Hall–Kier alpha value is -1.99. The number of hydrogen-bond acceptors (Lipinski definition) is 6. The molecule has 7 nitrogen and oxygen atoms in total. The van der Waals surface area contributed by atoms with Crippen molar-refractivity contribution in [1.82, 2.24) is 4.90 Å². The fraction of sp³-hybridized carbons (Fsp3) is 0.611. The summed E-state index contributed by atoms with van der Waals surface area (Å²) in [4.78, 5) is 13.8. The van der Waals surface area contributed by atoms with E-state index in [9.17, 15) is 15.0 Å². The van der Waals surface area contributed by atoms with Crippen molar-refractivity contribution in [1.29, 1.82) is 0 Å². The summed E-state index contributed by atoms with van der Waals surface area (Å²) in [5, 5.41) is 29.3. The summed E-state index contributed by atoms with van der Waals surface area (Å²) in [7, 11) is 0. The van der Waals surface area contributed by atoms with Crippen molar-refractivity contribution >= 4 is 6.09 Å². The van der Waals surface area contributed by atoms with Gasteiger partial charge in [-0.15, -0.1) is 0 Å². The van der Waals surface area contributed by atoms with Crippen LogP contribution in [0.15, 0.2) is 18.2 Å². The number of likely N-dealkylation sites (tertiary alicyclic amines) is 1. The zero-order valence-electron chi connectivity index (χ0n) is 14.9. The number of nitrogens with zero attached hydrogens (tertiary/aromatic N) is 1. The Morgan fingerprint density at radius 2 is 2.12 bits per heavy atom. The van der Waals surface area contributed by atoms with Gasteiger partial charge in [0.1, 0.15) is 18.3 Å². The molecule has 1 aromatic rings. The monoisotopic (exact) mass is 353 g/mol. The number of carbonyl (C=O) groups excluding carboxylic acids is 1. The highest BCUT2D eigenvalue weighted by atomic mass is 16.6. The number of rotatable bonds is 5. The maximum atomic E-state index is 12.3. The average molecular weight is 353 g/mol. The van der Waals surface area contributed by atoms with Gasteiger partial charge in [-0.05, 0) is 51.3 Å². The molecule has 3 N–H and O–H groups in total. The van der Waals surface area contributed by atoms with Crippen molar-refractivity contribution in [3.8, 4) is 11.5 Å². The number of amides is 1. The number of phenols is 1. The molecule has 25 heavy (non-hydrogen) atoms. The third-order valence-electron chi connectivity index (χ3n) is 3.99. The second-order valence-electron chi connectivity index (χ2n) is 7.22. The van der Waals surface area contributed by atoms with Crippen LogP contribution in [0.1, 0.15) is 39.2 Å². The van der Waals surface area contributed by atoms with Crippen LogP contribution in [0, 0.1) is 0 Å². The Balaban J connectivity index is 1.95. The van der Waals surface area contributed by atoms with Crippen molar-refractivity contribution in [2.75, 3.05) is 13.2 Å². The van der Waals surface area contributed by atoms with Crippen molar-refractivity contribution in [2.45, 2.75) is 58.0 Å². The summed E-state index contributed by atoms with van der Waals surface area (Å²) in [5.74, 6) is 0.118. The molecule has 1 aliphatic rings. The Kier molecular flexibility index (Phi) is 6.13. The Morgan fingerprint density at radius 1 is 1.40 bits per heavy atom. The van der Waals surface area contributed by atoms with E-state index in [1.165, 1.54) is 17.0 Å². The molecule has 2 rings (SSSR count). The molecule has 0 aromatic heterocycles. The van der Waals surface area contributed by atoms with Crippen LogP contribution in [0.2, 0.25) is 0 Å². The highest BCUT2D eigenvalue weighted by Crippen LogP contribution is 2.28. The number of phenolic OH excluding ortho intramolecular Hbond substituents is 1. The molecule has 0 radical (unpaired) electrons. The van der Waals surface area contributed by atoms with E-state index >= 15 is 0 Å². The summed E-state index contributed by atoms with van der Waals surface area (Å²) >= 11 is 0. The molecule has 140 valence electrons. The largest absolute Gasteiger partial charge is 0.504 e. The van der Waals surface area contributed by atoms with Gasteiger partial charge in [0.25, 0.3) is 0 Å². The first-order valence-corrected chi connectivity index (χ1v) is 8.44. The quantitative estimate of drug-likeness (QED) is 0.749. The van der Waals surface area contributed by atoms with E-state index < -0.39 is 17.8 Å². The van der Waals surface area contributed by atoms with E-state index in [4.69, 9.17) is 14.6 Å². The van der Waals surface area contributed by atoms with Gasteiger partial charge >= 0.3 is 6.09 Å². The molecular formula is C18H27NO6. The third kappa shape index (κ3) is 5.24. The van der Waals surface area contributed by atoms with Gasteiger partial charge in [-0.25, -0.2) is 4.79 Å². The van der Waals surface area contributed by atoms with Gasteiger partial charge in [0.05, 0.1) is 12.6 Å². The number of benzene rings is 1. The standard InChI is InChI=1S/C18H27NO6/c1-18(2,3)25-17(23)19-8-4-5-13(19)15(22)11-24-16-7-6-12(10-20)9-14(16)21/h6-7,9,13,15,20-22H,4-5,8,10-11H2,1-3H3/t13-,15?/m0/s1. The van der Waals surface area contributed by atoms with Gasteiger partial charge < -0.3 is 29.7 Å². The van der Waals surface area contributed by atoms with Gasteiger partial charge in [0, 0.05) is 6.54 Å². The van der Waals surface area contributed by atoms with Gasteiger partial charge in [0.15, 0.2) is 11.5 Å². The molecule has 1 aromatic carbocycles. The molecule has 1 saturated heterocycles. The fourth-order valence-corrected chi connectivity index (χ4v) is 2.81. The van der Waals surface area contributed by atoms with Gasteiger partial charge in [-0.1, -0.05) is 6.07 Å². The molecular weight excluding hydrogens is 326 g/mol. The summed E-state index contributed by atoms with van der Waals surface area (Å²) in [6, 6.07) is 4.19. The highest BCUT2D eigenvalue weighted by molar-refractivity contribution is 5.69. The number of carbonyl (C=O) groups is 1. The lowest BCUT2D eigenvalue weighted by Gasteiger charge is -2.31. The number of aromatic hydroxyl groups is 1. The van der Waals surface area contributed by atoms with Crippen molar-refractivity contribution in [2.24, 2.45) is 0 Å². The summed E-state index contributed by atoms with van der Waals surface area (Å²) in [5.41, 5.74) is -0.0244. The van der Waals surface area contributed by atoms with E-state index in [1.54, 1.807) is 26.8 Å². The maximum Gasteiger partial charge on any atom is 0.410 e. The molecule has 7 heteroatoms. The summed E-state index contributed by atoms with van der Waals surface area (Å²) in [6.45, 7) is 5.70. The van der Waals surface area contributed by atoms with Crippen LogP contribution < -0.4 is 4.74 Å². The van der Waals surface area contributed by atoms with E-state index in [0.29, 0.717) is 18.5 Å². The minimum absolute atomic E-state index is 0.0595. The molecule has 2 atom stereocenters. The predicted octanol–water partition coefficient (Wildman–Crippen LogP) is 2.02. The minimum Gasteiger partial charge on any atom is -0.504 e. The van der Waals surface area contributed by atoms with Crippen molar-refractivity contribution in [3.63, 3.8) is 0 Å². The van der Waals surface area contributed by atoms with Crippen LogP contribution in [-0.2, 0) is 11.3 Å². The molecule has 1 aliphatic heterocycles. The predicted molar refractivity (Wildman–Crippen MR) is 91.5 cm³/mol. The van der Waals surface area contributed by atoms with Gasteiger partial charge in [-0.2, -0.15) is 0 Å². The molecule has 1 fully saturated rings. The van der Waals surface area contributed by atoms with E-state index in [2.05, 4.69) is 0 Å². The lowest BCUT2D eigenvalue weighted by molar-refractivity contribution is -0.00374. The first-order valence-electron chi connectivity index (χ1n) is 8.44. The molecule has 1 unspecified atom stereocenters. The molecule has 0 aliphatic carbocycles. The normalized spacial score (nSPS) is 18.9. The fourth-order valence-electron chi connectivity index (χ4n) is 2.81. The zero-order chi connectivity index (χ0) is 18.6. The second-order valence-corrected chi connectivity index (χ2v) is 7.22. The lowest BCUT2D eigenvalue weighted by Crippen LogP contribution is -2.46.